The number of aliphatic hydroxyl groups is 1. The molecule has 4 rings (SSSR count). The molecule has 0 aliphatic heterocycles. The van der Waals surface area contributed by atoms with Crippen LogP contribution in [0.1, 0.15) is 50.4 Å². The number of nitrogens with zero attached hydrogens (tertiary/aromatic N) is 2. The molecule has 116 valence electrons. The van der Waals surface area contributed by atoms with Gasteiger partial charge in [0.25, 0.3) is 0 Å². The van der Waals surface area contributed by atoms with E-state index in [9.17, 15) is 5.11 Å². The van der Waals surface area contributed by atoms with E-state index >= 15 is 0 Å². The molecule has 0 amide bonds. The number of aromatic nitrogens is 2. The van der Waals surface area contributed by atoms with Crippen molar-refractivity contribution < 1.29 is 5.11 Å². The summed E-state index contributed by atoms with van der Waals surface area (Å²) in [4.78, 5) is 0. The van der Waals surface area contributed by atoms with Crippen molar-refractivity contribution in [1.29, 1.82) is 0 Å². The van der Waals surface area contributed by atoms with Crippen LogP contribution in [0, 0.1) is 23.7 Å². The lowest BCUT2D eigenvalue weighted by Gasteiger charge is -2.39. The van der Waals surface area contributed by atoms with Crippen molar-refractivity contribution in [3.8, 4) is 0 Å². The molecule has 5 atom stereocenters. The smallest absolute Gasteiger partial charge is 0.0850 e. The molecule has 2 bridgehead atoms. The van der Waals surface area contributed by atoms with Gasteiger partial charge in [-0.15, -0.1) is 0 Å². The molecule has 0 saturated heterocycles. The van der Waals surface area contributed by atoms with Crippen LogP contribution in [0.2, 0.25) is 5.02 Å². The molecule has 3 saturated carbocycles. The molecule has 1 aromatic rings. The zero-order valence-corrected chi connectivity index (χ0v) is 13.7. The Hall–Kier alpha value is -0.540. The Morgan fingerprint density at radius 2 is 2.14 bits per heavy atom. The van der Waals surface area contributed by atoms with Gasteiger partial charge in [-0.05, 0) is 55.8 Å². The molecular weight excluding hydrogens is 284 g/mol. The first-order valence-corrected chi connectivity index (χ1v) is 8.84. The van der Waals surface area contributed by atoms with Crippen LogP contribution in [-0.4, -0.2) is 20.5 Å². The number of hydrogen-bond acceptors (Lipinski definition) is 2. The van der Waals surface area contributed by atoms with Crippen LogP contribution in [-0.2, 0) is 19.9 Å². The number of rotatable bonds is 3. The van der Waals surface area contributed by atoms with E-state index in [1.807, 2.05) is 11.7 Å². The Morgan fingerprint density at radius 3 is 2.86 bits per heavy atom. The minimum atomic E-state index is -0.543. The van der Waals surface area contributed by atoms with Crippen molar-refractivity contribution in [2.24, 2.45) is 30.7 Å². The Morgan fingerprint density at radius 1 is 1.38 bits per heavy atom. The lowest BCUT2D eigenvalue weighted by atomic mass is 9.71. The fourth-order valence-corrected chi connectivity index (χ4v) is 6.10. The van der Waals surface area contributed by atoms with Crippen LogP contribution in [0.25, 0.3) is 0 Å². The molecular formula is C17H25ClN2O. The largest absolute Gasteiger partial charge is 0.389 e. The zero-order chi connectivity index (χ0) is 14.8. The van der Waals surface area contributed by atoms with Crippen molar-refractivity contribution in [3.05, 3.63) is 16.4 Å². The summed E-state index contributed by atoms with van der Waals surface area (Å²) in [7, 11) is 1.95. The maximum atomic E-state index is 11.3. The molecule has 0 spiro atoms. The highest BCUT2D eigenvalue weighted by molar-refractivity contribution is 6.31. The molecule has 5 unspecified atom stereocenters. The standard InChI is InChI=1S/C17H25ClN2O/c1-3-14-16(18)15(20(2)19-14)9-17(21)8-10-7-13(17)12-6-4-5-11(10)12/h10-13,21H,3-9H2,1-2H3. The number of aryl methyl sites for hydroxylation is 2. The van der Waals surface area contributed by atoms with Crippen molar-refractivity contribution in [2.75, 3.05) is 0 Å². The van der Waals surface area contributed by atoms with Gasteiger partial charge in [-0.1, -0.05) is 24.9 Å². The second-order valence-corrected chi connectivity index (χ2v) is 7.91. The monoisotopic (exact) mass is 308 g/mol. The first-order valence-electron chi connectivity index (χ1n) is 8.46. The second kappa shape index (κ2) is 4.73. The second-order valence-electron chi connectivity index (χ2n) is 7.53. The topological polar surface area (TPSA) is 38.0 Å². The maximum absolute atomic E-state index is 11.3. The summed E-state index contributed by atoms with van der Waals surface area (Å²) in [5.74, 6) is 2.92. The summed E-state index contributed by atoms with van der Waals surface area (Å²) in [5, 5.41) is 16.6. The van der Waals surface area contributed by atoms with Gasteiger partial charge in [0.05, 0.1) is 22.0 Å². The molecule has 4 heteroatoms. The molecule has 3 aliphatic carbocycles. The Kier molecular flexibility index (Phi) is 3.17. The molecule has 3 nitrogen and oxygen atoms in total. The van der Waals surface area contributed by atoms with Gasteiger partial charge >= 0.3 is 0 Å². The maximum Gasteiger partial charge on any atom is 0.0850 e. The molecule has 3 fully saturated rings. The molecule has 1 heterocycles. The lowest BCUT2D eigenvalue weighted by molar-refractivity contribution is -0.0462. The van der Waals surface area contributed by atoms with Gasteiger partial charge in [-0.2, -0.15) is 5.10 Å². The van der Waals surface area contributed by atoms with Crippen LogP contribution >= 0.6 is 11.6 Å². The predicted octanol–water partition coefficient (Wildman–Crippen LogP) is 3.37. The van der Waals surface area contributed by atoms with Gasteiger partial charge < -0.3 is 5.11 Å². The predicted molar refractivity (Wildman–Crippen MR) is 83.3 cm³/mol. The summed E-state index contributed by atoms with van der Waals surface area (Å²) in [5.41, 5.74) is 1.44. The van der Waals surface area contributed by atoms with E-state index in [1.165, 1.54) is 25.7 Å². The average molecular weight is 309 g/mol. The summed E-state index contributed by atoms with van der Waals surface area (Å²) >= 11 is 6.49. The Balaban J connectivity index is 1.62. The Labute approximate surface area is 131 Å². The normalized spacial score (nSPS) is 41.0. The third kappa shape index (κ3) is 1.93. The van der Waals surface area contributed by atoms with Crippen LogP contribution in [0.5, 0.6) is 0 Å². The number of fused-ring (bicyclic) bond motifs is 5. The van der Waals surface area contributed by atoms with E-state index in [2.05, 4.69) is 12.0 Å². The highest BCUT2D eigenvalue weighted by Gasteiger charge is 2.60. The summed E-state index contributed by atoms with van der Waals surface area (Å²) in [6.07, 6.45) is 7.83. The molecule has 0 aromatic carbocycles. The third-order valence-corrected chi connectivity index (χ3v) is 7.02. The van der Waals surface area contributed by atoms with Crippen molar-refractivity contribution >= 4 is 11.6 Å². The van der Waals surface area contributed by atoms with Gasteiger partial charge in [0.15, 0.2) is 0 Å². The Bertz CT molecular complexity index is 569. The van der Waals surface area contributed by atoms with Crippen molar-refractivity contribution in [1.82, 2.24) is 9.78 Å². The molecule has 1 aromatic heterocycles. The van der Waals surface area contributed by atoms with Gasteiger partial charge in [0.2, 0.25) is 0 Å². The average Bonchev–Trinajstić information content (AvgIpc) is 3.15. The number of hydrogen-bond donors (Lipinski definition) is 1. The van der Waals surface area contributed by atoms with E-state index in [-0.39, 0.29) is 0 Å². The minimum Gasteiger partial charge on any atom is -0.389 e. The first-order chi connectivity index (χ1) is 10.0. The van der Waals surface area contributed by atoms with Crippen LogP contribution in [0.15, 0.2) is 0 Å². The van der Waals surface area contributed by atoms with Crippen LogP contribution in [0.3, 0.4) is 0 Å². The van der Waals surface area contributed by atoms with Crippen molar-refractivity contribution in [2.45, 2.75) is 57.5 Å². The van der Waals surface area contributed by atoms with E-state index in [4.69, 9.17) is 11.6 Å². The van der Waals surface area contributed by atoms with Crippen LogP contribution < -0.4 is 0 Å². The van der Waals surface area contributed by atoms with E-state index in [0.717, 1.165) is 47.0 Å². The SMILES string of the molecule is CCc1nn(C)c(CC2(O)CC3CC2C2CCCC32)c1Cl. The highest BCUT2D eigenvalue weighted by Crippen LogP contribution is 2.63. The zero-order valence-electron chi connectivity index (χ0n) is 13.0. The third-order valence-electron chi connectivity index (χ3n) is 6.59. The van der Waals surface area contributed by atoms with Gasteiger partial charge in [0.1, 0.15) is 0 Å². The molecule has 21 heavy (non-hydrogen) atoms. The lowest BCUT2D eigenvalue weighted by Crippen LogP contribution is -2.43. The van der Waals surface area contributed by atoms with Gasteiger partial charge in [0, 0.05) is 13.5 Å². The molecule has 1 N–H and O–H groups in total. The fourth-order valence-electron chi connectivity index (χ4n) is 5.74. The highest BCUT2D eigenvalue weighted by atomic mass is 35.5. The molecule has 0 radical (unpaired) electrons. The van der Waals surface area contributed by atoms with Gasteiger partial charge in [-0.3, -0.25) is 4.68 Å². The quantitative estimate of drug-likeness (QED) is 0.929. The van der Waals surface area contributed by atoms with Crippen LogP contribution in [0.4, 0.5) is 0 Å². The first kappa shape index (κ1) is 14.1. The summed E-state index contributed by atoms with van der Waals surface area (Å²) < 4.78 is 1.89. The fraction of sp³-hybridized carbons (Fsp3) is 0.824. The van der Waals surface area contributed by atoms with Crippen molar-refractivity contribution in [3.63, 3.8) is 0 Å². The van der Waals surface area contributed by atoms with E-state index < -0.39 is 5.60 Å². The van der Waals surface area contributed by atoms with Gasteiger partial charge in [-0.25, -0.2) is 0 Å². The summed E-state index contributed by atoms with van der Waals surface area (Å²) in [6, 6.07) is 0. The number of halogens is 1. The molecule has 3 aliphatic rings. The van der Waals surface area contributed by atoms with E-state index in [0.29, 0.717) is 12.3 Å². The van der Waals surface area contributed by atoms with E-state index in [1.54, 1.807) is 0 Å². The minimum absolute atomic E-state index is 0.492. The summed E-state index contributed by atoms with van der Waals surface area (Å²) in [6.45, 7) is 2.08.